The zero-order chi connectivity index (χ0) is 15.4. The van der Waals surface area contributed by atoms with Gasteiger partial charge in [0.05, 0.1) is 16.5 Å². The Kier molecular flexibility index (Phi) is 2.45. The highest BCUT2D eigenvalue weighted by Gasteiger charge is 2.36. The van der Waals surface area contributed by atoms with Gasteiger partial charge in [0.25, 0.3) is 11.8 Å². The minimum absolute atomic E-state index is 0.308. The Bertz CT molecular complexity index is 944. The number of benzene rings is 1. The Balaban J connectivity index is 2.14. The average molecular weight is 292 g/mol. The standard InChI is InChI=1S/C16H12N4O2/c1-19-15(21)10-8-17-14-12(11(10)16(19)22)13(18-20(14)2)9-6-4-3-5-7-9/h3-8H,1-2H3. The van der Waals surface area contributed by atoms with Crippen LogP contribution in [0.1, 0.15) is 20.7 Å². The fraction of sp³-hybridized carbons (Fsp3) is 0.125. The first-order valence-corrected chi connectivity index (χ1v) is 6.83. The van der Waals surface area contributed by atoms with E-state index in [9.17, 15) is 9.59 Å². The van der Waals surface area contributed by atoms with Crippen LogP contribution in [0.3, 0.4) is 0 Å². The molecule has 6 heteroatoms. The number of aryl methyl sites for hydroxylation is 1. The molecule has 22 heavy (non-hydrogen) atoms. The van der Waals surface area contributed by atoms with Crippen LogP contribution in [0, 0.1) is 0 Å². The number of aromatic nitrogens is 3. The van der Waals surface area contributed by atoms with Gasteiger partial charge in [-0.3, -0.25) is 14.5 Å². The van der Waals surface area contributed by atoms with Crippen molar-refractivity contribution in [1.82, 2.24) is 19.7 Å². The third-order valence-corrected chi connectivity index (χ3v) is 3.95. The smallest absolute Gasteiger partial charge is 0.262 e. The molecule has 6 nitrogen and oxygen atoms in total. The third-order valence-electron chi connectivity index (χ3n) is 3.95. The maximum absolute atomic E-state index is 12.5. The summed E-state index contributed by atoms with van der Waals surface area (Å²) < 4.78 is 1.63. The van der Waals surface area contributed by atoms with Crippen molar-refractivity contribution < 1.29 is 9.59 Å². The lowest BCUT2D eigenvalue weighted by Crippen LogP contribution is -2.24. The summed E-state index contributed by atoms with van der Waals surface area (Å²) in [6.45, 7) is 0. The predicted molar refractivity (Wildman–Crippen MR) is 80.4 cm³/mol. The van der Waals surface area contributed by atoms with E-state index in [1.54, 1.807) is 11.7 Å². The lowest BCUT2D eigenvalue weighted by atomic mass is 10.0. The van der Waals surface area contributed by atoms with Crippen molar-refractivity contribution in [3.05, 3.63) is 47.7 Å². The first-order chi connectivity index (χ1) is 10.6. The molecule has 1 aliphatic heterocycles. The summed E-state index contributed by atoms with van der Waals surface area (Å²) >= 11 is 0. The number of hydrogen-bond acceptors (Lipinski definition) is 4. The van der Waals surface area contributed by atoms with Gasteiger partial charge in [-0.1, -0.05) is 30.3 Å². The van der Waals surface area contributed by atoms with E-state index >= 15 is 0 Å². The van der Waals surface area contributed by atoms with E-state index < -0.39 is 0 Å². The van der Waals surface area contributed by atoms with E-state index in [0.717, 1.165) is 10.5 Å². The number of fused-ring (bicyclic) bond motifs is 3. The molecule has 0 unspecified atom stereocenters. The Hall–Kier alpha value is -3.02. The molecule has 0 aliphatic carbocycles. The second-order valence-electron chi connectivity index (χ2n) is 5.25. The Morgan fingerprint density at radius 2 is 1.73 bits per heavy atom. The minimum atomic E-state index is -0.322. The number of rotatable bonds is 1. The van der Waals surface area contributed by atoms with Crippen molar-refractivity contribution in [2.75, 3.05) is 7.05 Å². The Morgan fingerprint density at radius 1 is 1.00 bits per heavy atom. The average Bonchev–Trinajstić information content (AvgIpc) is 2.99. The second kappa shape index (κ2) is 4.24. The molecule has 3 aromatic rings. The van der Waals surface area contributed by atoms with Crippen LogP contribution in [0.15, 0.2) is 36.5 Å². The van der Waals surface area contributed by atoms with Crippen LogP contribution in [0.2, 0.25) is 0 Å². The maximum Gasteiger partial charge on any atom is 0.262 e. The molecule has 2 aromatic heterocycles. The summed E-state index contributed by atoms with van der Waals surface area (Å²) in [5, 5.41) is 5.13. The number of hydrogen-bond donors (Lipinski definition) is 0. The molecule has 4 rings (SSSR count). The van der Waals surface area contributed by atoms with Gasteiger partial charge in [-0.15, -0.1) is 0 Å². The molecule has 0 bridgehead atoms. The van der Waals surface area contributed by atoms with Crippen LogP contribution in [0.5, 0.6) is 0 Å². The summed E-state index contributed by atoms with van der Waals surface area (Å²) in [4.78, 5) is 30.0. The van der Waals surface area contributed by atoms with Crippen LogP contribution >= 0.6 is 0 Å². The highest BCUT2D eigenvalue weighted by molar-refractivity contribution is 6.27. The van der Waals surface area contributed by atoms with E-state index in [0.29, 0.717) is 27.9 Å². The lowest BCUT2D eigenvalue weighted by molar-refractivity contribution is 0.0693. The number of amides is 2. The summed E-state index contributed by atoms with van der Waals surface area (Å²) in [7, 11) is 3.26. The fourth-order valence-electron chi connectivity index (χ4n) is 2.84. The predicted octanol–water partition coefficient (Wildman–Crippen LogP) is 1.86. The topological polar surface area (TPSA) is 68.1 Å². The van der Waals surface area contributed by atoms with Crippen molar-refractivity contribution >= 4 is 22.8 Å². The maximum atomic E-state index is 12.5. The summed E-state index contributed by atoms with van der Waals surface area (Å²) in [6, 6.07) is 9.58. The monoisotopic (exact) mass is 292 g/mol. The quantitative estimate of drug-likeness (QED) is 0.642. The van der Waals surface area contributed by atoms with Crippen molar-refractivity contribution in [2.24, 2.45) is 7.05 Å². The van der Waals surface area contributed by atoms with Gasteiger partial charge in [0, 0.05) is 25.9 Å². The van der Waals surface area contributed by atoms with Gasteiger partial charge in [-0.2, -0.15) is 5.10 Å². The van der Waals surface area contributed by atoms with Gasteiger partial charge in [-0.25, -0.2) is 9.67 Å². The number of carbonyl (C=O) groups excluding carboxylic acids is 2. The summed E-state index contributed by atoms with van der Waals surface area (Å²) in [5.41, 5.74) is 2.88. The highest BCUT2D eigenvalue weighted by Crippen LogP contribution is 2.34. The first kappa shape index (κ1) is 12.7. The number of imide groups is 1. The highest BCUT2D eigenvalue weighted by atomic mass is 16.2. The van der Waals surface area contributed by atoms with E-state index in [2.05, 4.69) is 10.1 Å². The zero-order valence-electron chi connectivity index (χ0n) is 12.1. The molecule has 0 atom stereocenters. The number of carbonyl (C=O) groups is 2. The van der Waals surface area contributed by atoms with Crippen LogP contribution in [0.25, 0.3) is 22.3 Å². The van der Waals surface area contributed by atoms with Gasteiger partial charge in [0.1, 0.15) is 5.69 Å². The molecule has 0 saturated heterocycles. The molecule has 0 N–H and O–H groups in total. The number of nitrogens with zero attached hydrogens (tertiary/aromatic N) is 4. The zero-order valence-corrected chi connectivity index (χ0v) is 12.1. The van der Waals surface area contributed by atoms with Crippen LogP contribution in [-0.4, -0.2) is 38.5 Å². The van der Waals surface area contributed by atoms with Gasteiger partial charge in [0.2, 0.25) is 0 Å². The van der Waals surface area contributed by atoms with E-state index in [-0.39, 0.29) is 11.8 Å². The molecule has 2 amide bonds. The minimum Gasteiger partial charge on any atom is -0.277 e. The largest absolute Gasteiger partial charge is 0.277 e. The Labute approximate surface area is 126 Å². The molecule has 1 aromatic carbocycles. The van der Waals surface area contributed by atoms with Crippen molar-refractivity contribution in [2.45, 2.75) is 0 Å². The van der Waals surface area contributed by atoms with Crippen LogP contribution in [0.4, 0.5) is 0 Å². The third kappa shape index (κ3) is 1.49. The first-order valence-electron chi connectivity index (χ1n) is 6.83. The molecule has 3 heterocycles. The van der Waals surface area contributed by atoms with Crippen LogP contribution in [-0.2, 0) is 7.05 Å². The van der Waals surface area contributed by atoms with Crippen molar-refractivity contribution in [1.29, 1.82) is 0 Å². The SMILES string of the molecule is CN1C(=O)c2cnc3c(c(-c4ccccc4)nn3C)c2C1=O. The molecule has 1 aliphatic rings. The molecule has 0 fully saturated rings. The van der Waals surface area contributed by atoms with Gasteiger partial charge >= 0.3 is 0 Å². The summed E-state index contributed by atoms with van der Waals surface area (Å²) in [6.07, 6.45) is 1.46. The molecule has 0 radical (unpaired) electrons. The molecular weight excluding hydrogens is 280 g/mol. The van der Waals surface area contributed by atoms with E-state index in [1.165, 1.54) is 13.2 Å². The molecule has 108 valence electrons. The Morgan fingerprint density at radius 3 is 2.45 bits per heavy atom. The van der Waals surface area contributed by atoms with E-state index in [4.69, 9.17) is 0 Å². The lowest BCUT2D eigenvalue weighted by Gasteiger charge is -2.03. The van der Waals surface area contributed by atoms with Crippen molar-refractivity contribution in [3.8, 4) is 11.3 Å². The normalized spacial score (nSPS) is 14.0. The van der Waals surface area contributed by atoms with Gasteiger partial charge in [-0.05, 0) is 0 Å². The molecule has 0 spiro atoms. The number of pyridine rings is 1. The fourth-order valence-corrected chi connectivity index (χ4v) is 2.84. The van der Waals surface area contributed by atoms with Gasteiger partial charge < -0.3 is 0 Å². The van der Waals surface area contributed by atoms with E-state index in [1.807, 2.05) is 30.3 Å². The van der Waals surface area contributed by atoms with Crippen molar-refractivity contribution in [3.63, 3.8) is 0 Å². The second-order valence-corrected chi connectivity index (χ2v) is 5.25. The molecular formula is C16H12N4O2. The summed E-state index contributed by atoms with van der Waals surface area (Å²) in [5.74, 6) is -0.630. The molecule has 0 saturated carbocycles. The van der Waals surface area contributed by atoms with Crippen LogP contribution < -0.4 is 0 Å². The van der Waals surface area contributed by atoms with Gasteiger partial charge in [0.15, 0.2) is 5.65 Å².